The molecule has 1 aromatic carbocycles. The molecule has 1 atom stereocenters. The van der Waals surface area contributed by atoms with Crippen molar-refractivity contribution in [1.82, 2.24) is 0 Å². The maximum atomic E-state index is 10.8. The maximum absolute atomic E-state index is 10.8. The number of aliphatic hydroxyl groups excluding tert-OH is 2. The van der Waals surface area contributed by atoms with Gasteiger partial charge in [-0.3, -0.25) is 0 Å². The predicted octanol–water partition coefficient (Wildman–Crippen LogP) is -2.17. The number of carbonyl (C=O) groups is 1. The summed E-state index contributed by atoms with van der Waals surface area (Å²) >= 11 is 0. The molecule has 0 aromatic heterocycles. The summed E-state index contributed by atoms with van der Waals surface area (Å²) in [6.45, 7) is -0.498. The normalized spacial score (nSPS) is 12.0. The number of anilines is 1. The van der Waals surface area contributed by atoms with Crippen LogP contribution in [0.4, 0.5) is 5.69 Å². The number of hydrogen-bond acceptors (Lipinski definition) is 6. The minimum atomic E-state index is -1.76. The van der Waals surface area contributed by atoms with Gasteiger partial charge in [0.25, 0.3) is 0 Å². The Bertz CT molecular complexity index is 425. The Hall–Kier alpha value is -1.61. The zero-order valence-corrected chi connectivity index (χ0v) is 9.45. The third-order valence-corrected chi connectivity index (χ3v) is 2.32. The first-order valence-corrected chi connectivity index (χ1v) is 5.22. The topological polar surface area (TPSA) is 130 Å². The van der Waals surface area contributed by atoms with Crippen LogP contribution in [-0.4, -0.2) is 57.7 Å². The van der Waals surface area contributed by atoms with E-state index in [1.165, 1.54) is 18.2 Å². The molecule has 98 valence electrons. The molecule has 0 bridgehead atoms. The van der Waals surface area contributed by atoms with Gasteiger partial charge in [-0.05, 0) is 12.1 Å². The lowest BCUT2D eigenvalue weighted by Gasteiger charge is -2.14. The van der Waals surface area contributed by atoms with Crippen molar-refractivity contribution in [1.29, 1.82) is 0 Å². The van der Waals surface area contributed by atoms with Crippen LogP contribution in [0, 0.1) is 0 Å². The van der Waals surface area contributed by atoms with E-state index in [4.69, 9.17) is 20.3 Å². The Morgan fingerprint density at radius 2 is 2.06 bits per heavy atom. The zero-order chi connectivity index (χ0) is 13.7. The monoisotopic (exact) mass is 255 g/mol. The predicted molar refractivity (Wildman–Crippen MR) is 64.8 cm³/mol. The molecule has 1 unspecified atom stereocenters. The fourth-order valence-electron chi connectivity index (χ4n) is 1.36. The molecule has 0 radical (unpaired) electrons. The average molecular weight is 255 g/mol. The minimum absolute atomic E-state index is 0.0274. The molecule has 0 aliphatic rings. The second-order valence-electron chi connectivity index (χ2n) is 3.70. The highest BCUT2D eigenvalue weighted by atomic mass is 16.4. The van der Waals surface area contributed by atoms with Crippen molar-refractivity contribution in [3.8, 4) is 0 Å². The third-order valence-electron chi connectivity index (χ3n) is 2.32. The van der Waals surface area contributed by atoms with Crippen molar-refractivity contribution in [2.45, 2.75) is 6.10 Å². The first kappa shape index (κ1) is 14.5. The van der Waals surface area contributed by atoms with Crippen LogP contribution in [0.3, 0.4) is 0 Å². The second kappa shape index (κ2) is 6.36. The number of aromatic carboxylic acids is 1. The molecular weight excluding hydrogens is 241 g/mol. The molecule has 0 fully saturated rings. The summed E-state index contributed by atoms with van der Waals surface area (Å²) in [5.41, 5.74) is 0.239. The molecule has 0 amide bonds. The lowest BCUT2D eigenvalue weighted by Crippen LogP contribution is -2.34. The molecular formula is C10H14BNO6. The van der Waals surface area contributed by atoms with E-state index in [0.717, 1.165) is 0 Å². The van der Waals surface area contributed by atoms with Crippen LogP contribution in [0.25, 0.3) is 0 Å². The minimum Gasteiger partial charge on any atom is -0.478 e. The molecule has 0 aliphatic carbocycles. The summed E-state index contributed by atoms with van der Waals surface area (Å²) in [4.78, 5) is 10.8. The molecule has 6 N–H and O–H groups in total. The first-order chi connectivity index (χ1) is 8.45. The van der Waals surface area contributed by atoms with Gasteiger partial charge in [-0.25, -0.2) is 4.79 Å². The number of rotatable bonds is 6. The summed E-state index contributed by atoms with van der Waals surface area (Å²) < 4.78 is 0. The van der Waals surface area contributed by atoms with Crippen LogP contribution in [0.1, 0.15) is 10.4 Å². The lowest BCUT2D eigenvalue weighted by atomic mass is 9.78. The van der Waals surface area contributed by atoms with Crippen LogP contribution >= 0.6 is 0 Å². The largest absolute Gasteiger partial charge is 0.490 e. The summed E-state index contributed by atoms with van der Waals surface area (Å²) in [5, 5.41) is 47.5. The van der Waals surface area contributed by atoms with Crippen molar-refractivity contribution in [2.24, 2.45) is 0 Å². The van der Waals surface area contributed by atoms with Crippen LogP contribution < -0.4 is 10.8 Å². The van der Waals surface area contributed by atoms with Crippen molar-refractivity contribution in [3.05, 3.63) is 23.8 Å². The molecule has 7 nitrogen and oxygen atoms in total. The van der Waals surface area contributed by atoms with Gasteiger partial charge in [0.15, 0.2) is 0 Å². The molecule has 0 saturated heterocycles. The SMILES string of the molecule is O=C(O)c1ccc(B(O)O)c(NCC(O)CO)c1. The van der Waals surface area contributed by atoms with Crippen LogP contribution in [0.2, 0.25) is 0 Å². The molecule has 0 aliphatic heterocycles. The van der Waals surface area contributed by atoms with Gasteiger partial charge in [0.05, 0.1) is 18.3 Å². The standard InChI is InChI=1S/C10H14BNO6/c13-5-7(14)4-12-9-3-6(10(15)16)1-2-8(9)11(17)18/h1-3,7,12-14,17-18H,4-5H2,(H,15,16). The van der Waals surface area contributed by atoms with Gasteiger partial charge in [-0.15, -0.1) is 0 Å². The van der Waals surface area contributed by atoms with Crippen molar-refractivity contribution < 1.29 is 30.2 Å². The quantitative estimate of drug-likeness (QED) is 0.319. The van der Waals surface area contributed by atoms with Crippen LogP contribution in [0.15, 0.2) is 18.2 Å². The van der Waals surface area contributed by atoms with Gasteiger partial charge in [-0.2, -0.15) is 0 Å². The fraction of sp³-hybridized carbons (Fsp3) is 0.300. The number of carboxylic acids is 1. The van der Waals surface area contributed by atoms with Crippen molar-refractivity contribution in [2.75, 3.05) is 18.5 Å². The Labute approximate surface area is 103 Å². The summed E-state index contributed by atoms with van der Waals surface area (Å²) in [6.07, 6.45) is -1.03. The second-order valence-corrected chi connectivity index (χ2v) is 3.70. The van der Waals surface area contributed by atoms with E-state index in [2.05, 4.69) is 5.32 Å². The number of benzene rings is 1. The maximum Gasteiger partial charge on any atom is 0.490 e. The molecule has 0 saturated carbocycles. The van der Waals surface area contributed by atoms with Gasteiger partial charge < -0.3 is 30.7 Å². The molecule has 8 heteroatoms. The van der Waals surface area contributed by atoms with Crippen LogP contribution in [0.5, 0.6) is 0 Å². The van der Waals surface area contributed by atoms with E-state index in [0.29, 0.717) is 0 Å². The highest BCUT2D eigenvalue weighted by molar-refractivity contribution is 6.60. The Balaban J connectivity index is 2.96. The van der Waals surface area contributed by atoms with Gasteiger partial charge in [0, 0.05) is 17.7 Å². The lowest BCUT2D eigenvalue weighted by molar-refractivity contribution is 0.0697. The number of hydrogen-bond donors (Lipinski definition) is 6. The first-order valence-electron chi connectivity index (χ1n) is 5.22. The average Bonchev–Trinajstić information content (AvgIpc) is 2.35. The van der Waals surface area contributed by atoms with Gasteiger partial charge in [0.2, 0.25) is 0 Å². The summed E-state index contributed by atoms with van der Waals surface area (Å²) in [5.74, 6) is -1.15. The smallest absolute Gasteiger partial charge is 0.478 e. The Kier molecular flexibility index (Phi) is 5.11. The van der Waals surface area contributed by atoms with E-state index < -0.39 is 25.8 Å². The highest BCUT2D eigenvalue weighted by Gasteiger charge is 2.18. The zero-order valence-electron chi connectivity index (χ0n) is 9.45. The Morgan fingerprint density at radius 1 is 1.39 bits per heavy atom. The summed E-state index contributed by atoms with van der Waals surface area (Å²) in [7, 11) is -1.76. The molecule has 1 rings (SSSR count). The third kappa shape index (κ3) is 3.71. The van der Waals surface area contributed by atoms with E-state index in [1.54, 1.807) is 0 Å². The van der Waals surface area contributed by atoms with E-state index in [1.807, 2.05) is 0 Å². The van der Waals surface area contributed by atoms with Crippen molar-refractivity contribution >= 4 is 24.2 Å². The van der Waals surface area contributed by atoms with E-state index in [9.17, 15) is 9.90 Å². The molecule has 18 heavy (non-hydrogen) atoms. The number of carboxylic acid groups (broad SMARTS) is 1. The fourth-order valence-corrected chi connectivity index (χ4v) is 1.36. The summed E-state index contributed by atoms with van der Waals surface area (Å²) in [6, 6.07) is 3.73. The van der Waals surface area contributed by atoms with E-state index >= 15 is 0 Å². The number of nitrogens with one attached hydrogen (secondary N) is 1. The molecule has 0 heterocycles. The van der Waals surface area contributed by atoms with Gasteiger partial charge in [0.1, 0.15) is 0 Å². The number of aliphatic hydroxyl groups is 2. The van der Waals surface area contributed by atoms with Gasteiger partial charge in [-0.1, -0.05) is 6.07 Å². The Morgan fingerprint density at radius 3 is 2.56 bits per heavy atom. The highest BCUT2D eigenvalue weighted by Crippen LogP contribution is 2.09. The molecule has 0 spiro atoms. The van der Waals surface area contributed by atoms with Crippen LogP contribution in [-0.2, 0) is 0 Å². The molecule has 1 aromatic rings. The van der Waals surface area contributed by atoms with Crippen molar-refractivity contribution in [3.63, 3.8) is 0 Å². The van der Waals surface area contributed by atoms with Gasteiger partial charge >= 0.3 is 13.1 Å². The van der Waals surface area contributed by atoms with E-state index in [-0.39, 0.29) is 23.3 Å².